The van der Waals surface area contributed by atoms with Gasteiger partial charge in [0.05, 0.1) is 5.88 Å². The van der Waals surface area contributed by atoms with Crippen molar-refractivity contribution >= 4 is 17.4 Å². The molecule has 0 aromatic heterocycles. The highest BCUT2D eigenvalue weighted by atomic mass is 35.5. The molecule has 0 bridgehead atoms. The summed E-state index contributed by atoms with van der Waals surface area (Å²) in [6, 6.07) is 0. The summed E-state index contributed by atoms with van der Waals surface area (Å²) in [6.07, 6.45) is 4.25. The van der Waals surface area contributed by atoms with E-state index in [0.717, 1.165) is 25.7 Å². The SMILES string of the molecule is CCCC[C@H](CC)C(=O)CCl. The van der Waals surface area contributed by atoms with Crippen molar-refractivity contribution in [3.63, 3.8) is 0 Å². The Balaban J connectivity index is 3.65. The quantitative estimate of drug-likeness (QED) is 0.569. The van der Waals surface area contributed by atoms with Gasteiger partial charge in [-0.2, -0.15) is 0 Å². The third kappa shape index (κ3) is 4.41. The highest BCUT2D eigenvalue weighted by Gasteiger charge is 2.13. The Morgan fingerprint density at radius 1 is 1.45 bits per heavy atom. The fourth-order valence-electron chi connectivity index (χ4n) is 1.15. The number of hydrogen-bond donors (Lipinski definition) is 0. The first-order chi connectivity index (χ1) is 5.26. The van der Waals surface area contributed by atoms with Crippen LogP contribution in [-0.4, -0.2) is 11.7 Å². The van der Waals surface area contributed by atoms with Gasteiger partial charge >= 0.3 is 0 Å². The van der Waals surface area contributed by atoms with Gasteiger partial charge in [-0.25, -0.2) is 0 Å². The second-order valence-corrected chi connectivity index (χ2v) is 3.11. The van der Waals surface area contributed by atoms with Gasteiger partial charge in [0.15, 0.2) is 5.78 Å². The van der Waals surface area contributed by atoms with Crippen molar-refractivity contribution in [1.82, 2.24) is 0 Å². The number of rotatable bonds is 6. The summed E-state index contributed by atoms with van der Waals surface area (Å²) in [5.41, 5.74) is 0. The predicted molar refractivity (Wildman–Crippen MR) is 49.0 cm³/mol. The molecule has 0 radical (unpaired) electrons. The minimum Gasteiger partial charge on any atom is -0.298 e. The molecule has 0 aromatic rings. The van der Waals surface area contributed by atoms with E-state index in [0.29, 0.717) is 0 Å². The summed E-state index contributed by atoms with van der Waals surface area (Å²) in [5, 5.41) is 0. The van der Waals surface area contributed by atoms with Gasteiger partial charge in [-0.15, -0.1) is 11.6 Å². The van der Waals surface area contributed by atoms with Crippen LogP contribution in [0.3, 0.4) is 0 Å². The molecule has 0 N–H and O–H groups in total. The van der Waals surface area contributed by atoms with Gasteiger partial charge in [-0.3, -0.25) is 4.79 Å². The molecular weight excluding hydrogens is 160 g/mol. The first-order valence-corrected chi connectivity index (χ1v) is 4.88. The summed E-state index contributed by atoms with van der Waals surface area (Å²) in [4.78, 5) is 11.1. The number of alkyl halides is 1. The maximum atomic E-state index is 11.1. The smallest absolute Gasteiger partial charge is 0.150 e. The zero-order valence-corrected chi connectivity index (χ0v) is 8.16. The minimum atomic E-state index is 0.183. The van der Waals surface area contributed by atoms with Crippen molar-refractivity contribution in [3.05, 3.63) is 0 Å². The number of carbonyl (C=O) groups excluding carboxylic acids is 1. The van der Waals surface area contributed by atoms with Gasteiger partial charge in [0.25, 0.3) is 0 Å². The van der Waals surface area contributed by atoms with E-state index < -0.39 is 0 Å². The number of carbonyl (C=O) groups is 1. The lowest BCUT2D eigenvalue weighted by molar-refractivity contribution is -0.120. The van der Waals surface area contributed by atoms with Gasteiger partial charge < -0.3 is 0 Å². The van der Waals surface area contributed by atoms with Gasteiger partial charge in [-0.1, -0.05) is 26.7 Å². The maximum absolute atomic E-state index is 11.1. The molecule has 0 aliphatic carbocycles. The molecule has 0 heterocycles. The molecule has 0 saturated carbocycles. The summed E-state index contributed by atoms with van der Waals surface area (Å²) in [7, 11) is 0. The molecule has 0 fully saturated rings. The third-order valence-corrected chi connectivity index (χ3v) is 2.25. The fourth-order valence-corrected chi connectivity index (χ4v) is 1.37. The van der Waals surface area contributed by atoms with Crippen molar-refractivity contribution < 1.29 is 4.79 Å². The standard InChI is InChI=1S/C9H17ClO/c1-3-5-6-8(4-2)9(11)7-10/h8H,3-7H2,1-2H3/t8-/m0/s1. The summed E-state index contributed by atoms with van der Waals surface area (Å²) in [6.45, 7) is 4.18. The van der Waals surface area contributed by atoms with Gasteiger partial charge in [0.1, 0.15) is 0 Å². The largest absolute Gasteiger partial charge is 0.298 e. The van der Waals surface area contributed by atoms with Gasteiger partial charge in [-0.05, 0) is 12.8 Å². The average Bonchev–Trinajstić information content (AvgIpc) is 2.05. The molecule has 0 aliphatic rings. The summed E-state index contributed by atoms with van der Waals surface area (Å²) >= 11 is 5.45. The van der Waals surface area contributed by atoms with E-state index in [1.165, 1.54) is 0 Å². The maximum Gasteiger partial charge on any atom is 0.150 e. The van der Waals surface area contributed by atoms with E-state index in [9.17, 15) is 4.79 Å². The van der Waals surface area contributed by atoms with Crippen LogP contribution in [-0.2, 0) is 4.79 Å². The molecule has 0 aromatic carbocycles. The fraction of sp³-hybridized carbons (Fsp3) is 0.889. The van der Waals surface area contributed by atoms with Gasteiger partial charge in [0, 0.05) is 5.92 Å². The van der Waals surface area contributed by atoms with Crippen LogP contribution < -0.4 is 0 Å². The summed E-state index contributed by atoms with van der Waals surface area (Å²) < 4.78 is 0. The Labute approximate surface area is 74.1 Å². The van der Waals surface area contributed by atoms with E-state index in [4.69, 9.17) is 11.6 Å². The van der Waals surface area contributed by atoms with Crippen LogP contribution in [0.25, 0.3) is 0 Å². The molecule has 0 unspecified atom stereocenters. The van der Waals surface area contributed by atoms with E-state index >= 15 is 0 Å². The molecule has 11 heavy (non-hydrogen) atoms. The first kappa shape index (κ1) is 11.0. The van der Waals surface area contributed by atoms with Crippen LogP contribution in [0.4, 0.5) is 0 Å². The minimum absolute atomic E-state index is 0.183. The topological polar surface area (TPSA) is 17.1 Å². The van der Waals surface area contributed by atoms with Crippen LogP contribution in [0.5, 0.6) is 0 Å². The highest BCUT2D eigenvalue weighted by molar-refractivity contribution is 6.27. The number of Topliss-reactive ketones (excluding diaryl/α,β-unsaturated/α-hetero) is 1. The lowest BCUT2D eigenvalue weighted by Crippen LogP contribution is -2.14. The van der Waals surface area contributed by atoms with Crippen LogP contribution in [0.2, 0.25) is 0 Å². The van der Waals surface area contributed by atoms with E-state index in [2.05, 4.69) is 6.92 Å². The van der Waals surface area contributed by atoms with Crippen molar-refractivity contribution in [3.8, 4) is 0 Å². The molecule has 2 heteroatoms. The molecule has 1 atom stereocenters. The first-order valence-electron chi connectivity index (χ1n) is 4.34. The van der Waals surface area contributed by atoms with Crippen molar-refractivity contribution in [2.75, 3.05) is 5.88 Å². The zero-order valence-electron chi connectivity index (χ0n) is 7.40. The molecule has 0 spiro atoms. The molecule has 0 saturated heterocycles. The number of unbranched alkanes of at least 4 members (excludes halogenated alkanes) is 1. The molecule has 66 valence electrons. The van der Waals surface area contributed by atoms with Crippen molar-refractivity contribution in [2.24, 2.45) is 5.92 Å². The highest BCUT2D eigenvalue weighted by Crippen LogP contribution is 2.13. The molecule has 0 aliphatic heterocycles. The van der Waals surface area contributed by atoms with Crippen molar-refractivity contribution in [1.29, 1.82) is 0 Å². The number of halogens is 1. The predicted octanol–water partition coefficient (Wildman–Crippen LogP) is 3.01. The Bertz CT molecular complexity index is 112. The number of hydrogen-bond acceptors (Lipinski definition) is 1. The van der Waals surface area contributed by atoms with E-state index in [-0.39, 0.29) is 17.6 Å². The summed E-state index contributed by atoms with van der Waals surface area (Å²) in [5.74, 6) is 0.609. The average molecular weight is 177 g/mol. The second kappa shape index (κ2) is 6.66. The van der Waals surface area contributed by atoms with E-state index in [1.54, 1.807) is 0 Å². The molecular formula is C9H17ClO. The van der Waals surface area contributed by atoms with Crippen LogP contribution in [0.1, 0.15) is 39.5 Å². The lowest BCUT2D eigenvalue weighted by Gasteiger charge is -2.10. The Kier molecular flexibility index (Phi) is 6.63. The van der Waals surface area contributed by atoms with E-state index in [1.807, 2.05) is 6.92 Å². The molecule has 0 amide bonds. The van der Waals surface area contributed by atoms with Gasteiger partial charge in [0.2, 0.25) is 0 Å². The zero-order chi connectivity index (χ0) is 8.69. The lowest BCUT2D eigenvalue weighted by atomic mass is 9.96. The Morgan fingerprint density at radius 3 is 2.45 bits per heavy atom. The Morgan fingerprint density at radius 2 is 2.09 bits per heavy atom. The second-order valence-electron chi connectivity index (χ2n) is 2.85. The van der Waals surface area contributed by atoms with Crippen LogP contribution >= 0.6 is 11.6 Å². The van der Waals surface area contributed by atoms with Crippen LogP contribution in [0, 0.1) is 5.92 Å². The normalized spacial score (nSPS) is 13.0. The van der Waals surface area contributed by atoms with Crippen LogP contribution in [0.15, 0.2) is 0 Å². The Hall–Kier alpha value is -0.0400. The molecule has 1 nitrogen and oxygen atoms in total. The third-order valence-electron chi connectivity index (χ3n) is 1.99. The molecule has 0 rings (SSSR count). The van der Waals surface area contributed by atoms with Crippen molar-refractivity contribution in [2.45, 2.75) is 39.5 Å². The monoisotopic (exact) mass is 176 g/mol. The number of ketones is 1.